The van der Waals surface area contributed by atoms with Gasteiger partial charge in [-0.15, -0.1) is 0 Å². The van der Waals surface area contributed by atoms with E-state index in [0.717, 1.165) is 0 Å². The lowest BCUT2D eigenvalue weighted by Crippen LogP contribution is -2.17. The highest BCUT2D eigenvalue weighted by Crippen LogP contribution is 2.38. The lowest BCUT2D eigenvalue weighted by molar-refractivity contribution is 0.0461. The molecular weight excluding hydrogens is 326 g/mol. The van der Waals surface area contributed by atoms with E-state index in [0.29, 0.717) is 24.7 Å². The maximum atomic E-state index is 12.1. The van der Waals surface area contributed by atoms with Crippen LogP contribution >= 0.6 is 11.6 Å². The molecule has 9 nitrogen and oxygen atoms in total. The summed E-state index contributed by atoms with van der Waals surface area (Å²) in [6.45, 7) is 0.575. The second-order valence-electron chi connectivity index (χ2n) is 4.53. The highest BCUT2D eigenvalue weighted by Gasteiger charge is 2.20. The molecule has 10 heteroatoms. The molecule has 0 fully saturated rings. The van der Waals surface area contributed by atoms with Crippen LogP contribution in [0.1, 0.15) is 16.2 Å². The first-order chi connectivity index (χ1) is 11.0. The second kappa shape index (κ2) is 6.13. The number of ether oxygens (including phenoxy) is 3. The van der Waals surface area contributed by atoms with Crippen molar-refractivity contribution in [2.24, 2.45) is 0 Å². The summed E-state index contributed by atoms with van der Waals surface area (Å²) in [5, 5.41) is 0.266. The molecule has 0 radical (unpaired) electrons. The fourth-order valence-electron chi connectivity index (χ4n) is 1.96. The van der Waals surface area contributed by atoms with Crippen LogP contribution in [0.15, 0.2) is 12.1 Å². The third kappa shape index (κ3) is 3.34. The average Bonchev–Trinajstić information content (AvgIpc) is 2.51. The fourth-order valence-corrected chi connectivity index (χ4v) is 2.23. The van der Waals surface area contributed by atoms with Crippen molar-refractivity contribution in [3.05, 3.63) is 28.5 Å². The SMILES string of the molecule is Nc1nc(N)nc(COC(=O)c2cc(Cl)c3c(c2)OCCO3)n1. The zero-order valence-electron chi connectivity index (χ0n) is 11.8. The number of anilines is 2. The molecular formula is C13H12ClN5O4. The van der Waals surface area contributed by atoms with Gasteiger partial charge in [-0.2, -0.15) is 15.0 Å². The lowest BCUT2D eigenvalue weighted by Gasteiger charge is -2.19. The number of nitrogen functional groups attached to an aromatic ring is 2. The summed E-state index contributed by atoms with van der Waals surface area (Å²) in [6, 6.07) is 2.94. The van der Waals surface area contributed by atoms with Gasteiger partial charge < -0.3 is 25.7 Å². The van der Waals surface area contributed by atoms with Gasteiger partial charge in [0.15, 0.2) is 23.9 Å². The number of rotatable bonds is 3. The Labute approximate surface area is 135 Å². The predicted octanol–water partition coefficient (Wildman–Crippen LogP) is 0.818. The lowest BCUT2D eigenvalue weighted by atomic mass is 10.2. The Morgan fingerprint density at radius 3 is 2.61 bits per heavy atom. The Balaban J connectivity index is 1.74. The van der Waals surface area contributed by atoms with E-state index in [2.05, 4.69) is 15.0 Å². The first-order valence-electron chi connectivity index (χ1n) is 6.55. The van der Waals surface area contributed by atoms with Crippen LogP contribution in [-0.2, 0) is 11.3 Å². The van der Waals surface area contributed by atoms with Crippen molar-refractivity contribution in [3.8, 4) is 11.5 Å². The number of nitrogens with two attached hydrogens (primary N) is 2. The third-order valence-corrected chi connectivity index (χ3v) is 3.16. The Morgan fingerprint density at radius 1 is 1.17 bits per heavy atom. The Bertz CT molecular complexity index is 750. The van der Waals surface area contributed by atoms with E-state index < -0.39 is 5.97 Å². The molecule has 0 spiro atoms. The van der Waals surface area contributed by atoms with E-state index in [1.165, 1.54) is 12.1 Å². The normalized spacial score (nSPS) is 12.7. The van der Waals surface area contributed by atoms with Crippen LogP contribution in [0.4, 0.5) is 11.9 Å². The highest BCUT2D eigenvalue weighted by atomic mass is 35.5. The van der Waals surface area contributed by atoms with Gasteiger partial charge in [0, 0.05) is 0 Å². The number of carbonyl (C=O) groups excluding carboxylic acids is 1. The second-order valence-corrected chi connectivity index (χ2v) is 4.93. The smallest absolute Gasteiger partial charge is 0.338 e. The van der Waals surface area contributed by atoms with Gasteiger partial charge in [-0.1, -0.05) is 11.6 Å². The molecule has 1 aliphatic rings. The first-order valence-corrected chi connectivity index (χ1v) is 6.93. The number of aromatic nitrogens is 3. The first kappa shape index (κ1) is 15.1. The maximum Gasteiger partial charge on any atom is 0.338 e. The van der Waals surface area contributed by atoms with Crippen LogP contribution in [0.5, 0.6) is 11.5 Å². The number of carbonyl (C=O) groups is 1. The molecule has 2 aromatic rings. The number of esters is 1. The van der Waals surface area contributed by atoms with Crippen molar-refractivity contribution in [2.75, 3.05) is 24.7 Å². The van der Waals surface area contributed by atoms with Gasteiger partial charge in [0.25, 0.3) is 0 Å². The number of halogens is 1. The predicted molar refractivity (Wildman–Crippen MR) is 80.2 cm³/mol. The van der Waals surface area contributed by atoms with Gasteiger partial charge in [-0.05, 0) is 12.1 Å². The van der Waals surface area contributed by atoms with Gasteiger partial charge >= 0.3 is 5.97 Å². The van der Waals surface area contributed by atoms with Crippen molar-refractivity contribution >= 4 is 29.5 Å². The molecule has 1 aromatic carbocycles. The van der Waals surface area contributed by atoms with Crippen LogP contribution < -0.4 is 20.9 Å². The summed E-state index contributed by atoms with van der Waals surface area (Å²) < 4.78 is 15.9. The molecule has 2 heterocycles. The quantitative estimate of drug-likeness (QED) is 0.780. The Morgan fingerprint density at radius 2 is 1.87 bits per heavy atom. The van der Waals surface area contributed by atoms with E-state index in [9.17, 15) is 4.79 Å². The molecule has 0 bridgehead atoms. The van der Waals surface area contributed by atoms with Gasteiger partial charge in [0.2, 0.25) is 11.9 Å². The molecule has 0 saturated heterocycles. The summed E-state index contributed by atoms with van der Waals surface area (Å²) in [5.41, 5.74) is 11.1. The summed E-state index contributed by atoms with van der Waals surface area (Å²) in [6.07, 6.45) is 0. The van der Waals surface area contributed by atoms with E-state index in [1.54, 1.807) is 0 Å². The van der Waals surface area contributed by atoms with Gasteiger partial charge in [-0.25, -0.2) is 4.79 Å². The summed E-state index contributed by atoms with van der Waals surface area (Å²) >= 11 is 6.07. The van der Waals surface area contributed by atoms with Crippen LogP contribution in [0.25, 0.3) is 0 Å². The molecule has 0 unspecified atom stereocenters. The number of benzene rings is 1. The monoisotopic (exact) mass is 337 g/mol. The molecule has 0 saturated carbocycles. The number of hydrogen-bond acceptors (Lipinski definition) is 9. The zero-order chi connectivity index (χ0) is 16.4. The van der Waals surface area contributed by atoms with Crippen LogP contribution in [-0.4, -0.2) is 34.1 Å². The Hall–Kier alpha value is -2.81. The number of nitrogens with zero attached hydrogens (tertiary/aromatic N) is 3. The van der Waals surface area contributed by atoms with Crippen LogP contribution in [0, 0.1) is 0 Å². The molecule has 120 valence electrons. The minimum atomic E-state index is -0.624. The van der Waals surface area contributed by atoms with Crippen molar-refractivity contribution < 1.29 is 19.0 Å². The molecule has 0 amide bonds. The van der Waals surface area contributed by atoms with Crippen LogP contribution in [0.2, 0.25) is 5.02 Å². The van der Waals surface area contributed by atoms with Crippen molar-refractivity contribution in [2.45, 2.75) is 6.61 Å². The minimum absolute atomic E-state index is 0.0501. The van der Waals surface area contributed by atoms with Gasteiger partial charge in [0.1, 0.15) is 13.2 Å². The fraction of sp³-hybridized carbons (Fsp3) is 0.231. The molecule has 1 aliphatic heterocycles. The maximum absolute atomic E-state index is 12.1. The molecule has 4 N–H and O–H groups in total. The third-order valence-electron chi connectivity index (χ3n) is 2.88. The average molecular weight is 338 g/mol. The molecule has 23 heavy (non-hydrogen) atoms. The van der Waals surface area contributed by atoms with Crippen LogP contribution in [0.3, 0.4) is 0 Å². The number of hydrogen-bond donors (Lipinski definition) is 2. The summed E-state index contributed by atoms with van der Waals surface area (Å²) in [7, 11) is 0. The molecule has 3 rings (SSSR count). The molecule has 1 aromatic heterocycles. The topological polar surface area (TPSA) is 135 Å². The van der Waals surface area contributed by atoms with Crippen molar-refractivity contribution in [1.82, 2.24) is 15.0 Å². The molecule has 0 aliphatic carbocycles. The zero-order valence-corrected chi connectivity index (χ0v) is 12.5. The van der Waals surface area contributed by atoms with Gasteiger partial charge in [0.05, 0.1) is 10.6 Å². The summed E-state index contributed by atoms with van der Waals surface area (Å²) in [4.78, 5) is 23.4. The van der Waals surface area contributed by atoms with Crippen molar-refractivity contribution in [3.63, 3.8) is 0 Å². The Kier molecular flexibility index (Phi) is 4.02. The van der Waals surface area contributed by atoms with E-state index in [1.807, 2.05) is 0 Å². The van der Waals surface area contributed by atoms with Gasteiger partial charge in [-0.3, -0.25) is 0 Å². The standard InChI is InChI=1S/C13H12ClN5O4/c14-7-3-6(4-8-10(7)22-2-1-21-8)11(20)23-5-9-17-12(15)19-13(16)18-9/h3-4H,1-2,5H2,(H4,15,16,17,18,19). The van der Waals surface area contributed by atoms with Crippen molar-refractivity contribution in [1.29, 1.82) is 0 Å². The van der Waals surface area contributed by atoms with E-state index >= 15 is 0 Å². The summed E-state index contributed by atoms with van der Waals surface area (Å²) in [5.74, 6) is 0.224. The molecule has 0 atom stereocenters. The van der Waals surface area contributed by atoms with E-state index in [4.69, 9.17) is 37.3 Å². The largest absolute Gasteiger partial charge is 0.486 e. The minimum Gasteiger partial charge on any atom is -0.486 e. The highest BCUT2D eigenvalue weighted by molar-refractivity contribution is 6.32. The van der Waals surface area contributed by atoms with E-state index in [-0.39, 0.29) is 34.9 Å². The number of fused-ring (bicyclic) bond motifs is 1.